The fourth-order valence-corrected chi connectivity index (χ4v) is 1.79. The highest BCUT2D eigenvalue weighted by Gasteiger charge is 2.12. The summed E-state index contributed by atoms with van der Waals surface area (Å²) in [7, 11) is 3.15. The van der Waals surface area contributed by atoms with Crippen molar-refractivity contribution in [2.75, 3.05) is 7.11 Å². The normalized spacial score (nSPS) is 10.3. The van der Waals surface area contributed by atoms with E-state index in [1.165, 1.54) is 7.11 Å². The first-order valence-corrected chi connectivity index (χ1v) is 5.36. The summed E-state index contributed by atoms with van der Waals surface area (Å²) in [5.41, 5.74) is 2.31. The minimum Gasteiger partial charge on any atom is -0.464 e. The van der Waals surface area contributed by atoms with E-state index >= 15 is 0 Å². The van der Waals surface area contributed by atoms with Gasteiger partial charge in [0.2, 0.25) is 0 Å². The molecule has 2 aromatic heterocycles. The fraction of sp³-hybridized carbons (Fsp3) is 0.167. The van der Waals surface area contributed by atoms with Gasteiger partial charge in [0.25, 0.3) is 0 Å². The quantitative estimate of drug-likeness (QED) is 0.608. The Morgan fingerprint density at radius 2 is 2.18 bits per heavy atom. The van der Waals surface area contributed by atoms with E-state index in [0.29, 0.717) is 10.8 Å². The monoisotopic (exact) mass is 250 g/mol. The predicted molar refractivity (Wildman–Crippen MR) is 65.0 cm³/mol. The number of hydrogen-bond acceptors (Lipinski definition) is 3. The third-order valence-electron chi connectivity index (χ3n) is 2.46. The Balaban J connectivity index is 2.44. The Kier molecular flexibility index (Phi) is 3.15. The molecule has 5 heteroatoms. The standard InChI is InChI=1S/C12H11ClN2O2/c1-15-7-9(5-10(15)12(16)17-2)8-3-4-14-11(13)6-8/h3-7H,1-2H3. The minimum atomic E-state index is -0.362. The third kappa shape index (κ3) is 2.31. The van der Waals surface area contributed by atoms with Crippen molar-refractivity contribution in [2.24, 2.45) is 7.05 Å². The number of hydrogen-bond donors (Lipinski definition) is 0. The molecule has 0 unspecified atom stereocenters. The summed E-state index contributed by atoms with van der Waals surface area (Å²) in [6.45, 7) is 0. The summed E-state index contributed by atoms with van der Waals surface area (Å²) in [4.78, 5) is 15.4. The van der Waals surface area contributed by atoms with Crippen LogP contribution in [0.5, 0.6) is 0 Å². The van der Waals surface area contributed by atoms with Crippen LogP contribution >= 0.6 is 11.6 Å². The van der Waals surface area contributed by atoms with Crippen molar-refractivity contribution in [3.05, 3.63) is 41.4 Å². The lowest BCUT2D eigenvalue weighted by atomic mass is 10.1. The molecule has 4 nitrogen and oxygen atoms in total. The van der Waals surface area contributed by atoms with Crippen LogP contribution in [-0.2, 0) is 11.8 Å². The summed E-state index contributed by atoms with van der Waals surface area (Å²) in [5.74, 6) is -0.362. The summed E-state index contributed by atoms with van der Waals surface area (Å²) in [5, 5.41) is 0.422. The average molecular weight is 251 g/mol. The van der Waals surface area contributed by atoms with Gasteiger partial charge in [0.15, 0.2) is 0 Å². The molecule has 0 aromatic carbocycles. The van der Waals surface area contributed by atoms with Gasteiger partial charge in [-0.25, -0.2) is 9.78 Å². The van der Waals surface area contributed by atoms with Gasteiger partial charge in [0, 0.05) is 25.0 Å². The number of rotatable bonds is 2. The zero-order chi connectivity index (χ0) is 12.4. The van der Waals surface area contributed by atoms with Crippen molar-refractivity contribution in [3.8, 4) is 11.1 Å². The van der Waals surface area contributed by atoms with E-state index in [9.17, 15) is 4.79 Å². The molecule has 0 amide bonds. The molecule has 88 valence electrons. The second kappa shape index (κ2) is 4.59. The smallest absolute Gasteiger partial charge is 0.354 e. The zero-order valence-electron chi connectivity index (χ0n) is 9.48. The number of aromatic nitrogens is 2. The summed E-state index contributed by atoms with van der Waals surface area (Å²) < 4.78 is 6.41. The second-order valence-corrected chi connectivity index (χ2v) is 3.97. The summed E-state index contributed by atoms with van der Waals surface area (Å²) >= 11 is 5.82. The summed E-state index contributed by atoms with van der Waals surface area (Å²) in [6.07, 6.45) is 3.47. The van der Waals surface area contributed by atoms with Crippen LogP contribution in [0, 0.1) is 0 Å². The van der Waals surface area contributed by atoms with E-state index in [2.05, 4.69) is 4.98 Å². The lowest BCUT2D eigenvalue weighted by Gasteiger charge is -1.98. The Morgan fingerprint density at radius 3 is 2.82 bits per heavy atom. The number of esters is 1. The maximum atomic E-state index is 11.5. The number of aryl methyl sites for hydroxylation is 1. The highest BCUT2D eigenvalue weighted by molar-refractivity contribution is 6.29. The van der Waals surface area contributed by atoms with Crippen LogP contribution in [0.25, 0.3) is 11.1 Å². The van der Waals surface area contributed by atoms with E-state index in [-0.39, 0.29) is 5.97 Å². The lowest BCUT2D eigenvalue weighted by molar-refractivity contribution is 0.0590. The number of methoxy groups -OCH3 is 1. The SMILES string of the molecule is COC(=O)c1cc(-c2ccnc(Cl)c2)cn1C. The van der Waals surface area contributed by atoms with Crippen LogP contribution in [-0.4, -0.2) is 22.6 Å². The highest BCUT2D eigenvalue weighted by Crippen LogP contribution is 2.23. The Morgan fingerprint density at radius 1 is 1.41 bits per heavy atom. The largest absolute Gasteiger partial charge is 0.464 e. The molecule has 0 saturated heterocycles. The van der Waals surface area contributed by atoms with Crippen LogP contribution < -0.4 is 0 Å². The molecule has 0 bridgehead atoms. The third-order valence-corrected chi connectivity index (χ3v) is 2.67. The summed E-state index contributed by atoms with van der Waals surface area (Å²) in [6, 6.07) is 5.34. The number of ether oxygens (including phenoxy) is 1. The first kappa shape index (κ1) is 11.7. The lowest BCUT2D eigenvalue weighted by Crippen LogP contribution is -2.06. The van der Waals surface area contributed by atoms with Crippen LogP contribution in [0.3, 0.4) is 0 Å². The minimum absolute atomic E-state index is 0.362. The molecule has 0 fully saturated rings. The number of carbonyl (C=O) groups is 1. The predicted octanol–water partition coefficient (Wildman–Crippen LogP) is 2.53. The molecule has 0 aliphatic heterocycles. The average Bonchev–Trinajstić information content (AvgIpc) is 2.70. The maximum absolute atomic E-state index is 11.5. The number of halogens is 1. The zero-order valence-corrected chi connectivity index (χ0v) is 10.2. The van der Waals surface area contributed by atoms with Gasteiger partial charge in [-0.1, -0.05) is 11.6 Å². The van der Waals surface area contributed by atoms with Gasteiger partial charge >= 0.3 is 5.97 Å². The highest BCUT2D eigenvalue weighted by atomic mass is 35.5. The van der Waals surface area contributed by atoms with Gasteiger partial charge in [0.1, 0.15) is 10.8 Å². The van der Waals surface area contributed by atoms with Crippen molar-refractivity contribution in [1.29, 1.82) is 0 Å². The van der Waals surface area contributed by atoms with Crippen molar-refractivity contribution in [3.63, 3.8) is 0 Å². The molecule has 2 rings (SSSR count). The second-order valence-electron chi connectivity index (χ2n) is 3.58. The van der Waals surface area contributed by atoms with E-state index in [1.807, 2.05) is 12.3 Å². The van der Waals surface area contributed by atoms with E-state index < -0.39 is 0 Å². The van der Waals surface area contributed by atoms with Crippen LogP contribution in [0.2, 0.25) is 5.15 Å². The van der Waals surface area contributed by atoms with E-state index in [0.717, 1.165) is 11.1 Å². The van der Waals surface area contributed by atoms with Gasteiger partial charge in [-0.15, -0.1) is 0 Å². The Hall–Kier alpha value is -1.81. The topological polar surface area (TPSA) is 44.1 Å². The maximum Gasteiger partial charge on any atom is 0.354 e. The van der Waals surface area contributed by atoms with Gasteiger partial charge in [-0.05, 0) is 23.8 Å². The first-order chi connectivity index (χ1) is 8.11. The Bertz CT molecular complexity index is 563. The number of pyridine rings is 1. The molecule has 17 heavy (non-hydrogen) atoms. The molecule has 2 aromatic rings. The van der Waals surface area contributed by atoms with Crippen molar-refractivity contribution >= 4 is 17.6 Å². The van der Waals surface area contributed by atoms with Crippen molar-refractivity contribution < 1.29 is 9.53 Å². The van der Waals surface area contributed by atoms with E-state index in [1.54, 1.807) is 29.9 Å². The first-order valence-electron chi connectivity index (χ1n) is 4.98. The van der Waals surface area contributed by atoms with Gasteiger partial charge in [-0.3, -0.25) is 0 Å². The van der Waals surface area contributed by atoms with Gasteiger partial charge in [-0.2, -0.15) is 0 Å². The van der Waals surface area contributed by atoms with E-state index in [4.69, 9.17) is 16.3 Å². The number of nitrogens with zero attached hydrogens (tertiary/aromatic N) is 2. The molecule has 0 aliphatic rings. The van der Waals surface area contributed by atoms with Gasteiger partial charge in [0.05, 0.1) is 7.11 Å². The molecule has 0 saturated carbocycles. The van der Waals surface area contributed by atoms with Gasteiger partial charge < -0.3 is 9.30 Å². The molecule has 2 heterocycles. The Labute approximate surface area is 104 Å². The molecule has 0 spiro atoms. The molecular formula is C12H11ClN2O2. The fourth-order valence-electron chi connectivity index (χ4n) is 1.61. The molecule has 0 aliphatic carbocycles. The van der Waals surface area contributed by atoms with Crippen LogP contribution in [0.15, 0.2) is 30.6 Å². The van der Waals surface area contributed by atoms with Crippen molar-refractivity contribution in [1.82, 2.24) is 9.55 Å². The molecule has 0 atom stereocenters. The molecular weight excluding hydrogens is 240 g/mol. The van der Waals surface area contributed by atoms with Crippen molar-refractivity contribution in [2.45, 2.75) is 0 Å². The van der Waals surface area contributed by atoms with Crippen LogP contribution in [0.4, 0.5) is 0 Å². The van der Waals surface area contributed by atoms with Crippen LogP contribution in [0.1, 0.15) is 10.5 Å². The number of carbonyl (C=O) groups excluding carboxylic acids is 1. The molecule has 0 N–H and O–H groups in total. The molecule has 0 radical (unpaired) electrons.